The van der Waals surface area contributed by atoms with E-state index in [0.717, 1.165) is 19.4 Å². The van der Waals surface area contributed by atoms with Crippen molar-refractivity contribution in [1.82, 2.24) is 0 Å². The van der Waals surface area contributed by atoms with E-state index >= 15 is 0 Å². The average molecular weight is 145 g/mol. The Balaban J connectivity index is 2.84. The Morgan fingerprint density at radius 2 is 2.20 bits per heavy atom. The van der Waals surface area contributed by atoms with Crippen molar-refractivity contribution in [3.8, 4) is 0 Å². The van der Waals surface area contributed by atoms with E-state index in [1.165, 1.54) is 0 Å². The lowest BCUT2D eigenvalue weighted by atomic mass is 10.4. The van der Waals surface area contributed by atoms with E-state index in [1.54, 1.807) is 0 Å². The van der Waals surface area contributed by atoms with Crippen LogP contribution in [-0.4, -0.2) is 19.1 Å². The van der Waals surface area contributed by atoms with Crippen LogP contribution in [0.3, 0.4) is 0 Å². The molecule has 1 amide bonds. The fourth-order valence-electron chi connectivity index (χ4n) is 0.521. The van der Waals surface area contributed by atoms with Crippen LogP contribution in [0.1, 0.15) is 26.2 Å². The third kappa shape index (κ3) is 7.43. The number of unbranched alkanes of at least 4 members (excludes halogenated alkanes) is 1. The van der Waals surface area contributed by atoms with Crippen LogP contribution in [0.15, 0.2) is 0 Å². The van der Waals surface area contributed by atoms with Gasteiger partial charge in [-0.15, -0.1) is 0 Å². The van der Waals surface area contributed by atoms with E-state index < -0.39 is 0 Å². The molecule has 0 radical (unpaired) electrons. The molecule has 0 aliphatic rings. The maximum Gasteiger partial charge on any atom is 0.219 e. The van der Waals surface area contributed by atoms with Gasteiger partial charge in [-0.2, -0.15) is 0 Å². The number of hydrogen-bond donors (Lipinski definition) is 1. The third-order valence-electron chi connectivity index (χ3n) is 1.14. The first-order chi connectivity index (χ1) is 4.77. The van der Waals surface area contributed by atoms with E-state index in [0.29, 0.717) is 13.0 Å². The minimum atomic E-state index is -0.295. The first-order valence-corrected chi connectivity index (χ1v) is 3.63. The van der Waals surface area contributed by atoms with Crippen LogP contribution in [-0.2, 0) is 9.53 Å². The van der Waals surface area contributed by atoms with Gasteiger partial charge in [0, 0.05) is 13.0 Å². The molecule has 3 nitrogen and oxygen atoms in total. The SMILES string of the molecule is CCCCOCCC(N)=O. The van der Waals surface area contributed by atoms with Crippen LogP contribution in [0.25, 0.3) is 0 Å². The summed E-state index contributed by atoms with van der Waals surface area (Å²) in [7, 11) is 0. The summed E-state index contributed by atoms with van der Waals surface area (Å²) >= 11 is 0. The third-order valence-corrected chi connectivity index (χ3v) is 1.14. The summed E-state index contributed by atoms with van der Waals surface area (Å²) in [6, 6.07) is 0. The number of carbonyl (C=O) groups is 1. The largest absolute Gasteiger partial charge is 0.381 e. The Bertz CT molecular complexity index is 93.6. The van der Waals surface area contributed by atoms with Gasteiger partial charge >= 0.3 is 0 Å². The second-order valence-electron chi connectivity index (χ2n) is 2.18. The van der Waals surface area contributed by atoms with E-state index in [4.69, 9.17) is 10.5 Å². The number of ether oxygens (including phenoxy) is 1. The molecule has 0 unspecified atom stereocenters. The Kier molecular flexibility index (Phi) is 6.18. The van der Waals surface area contributed by atoms with Gasteiger partial charge in [-0.3, -0.25) is 4.79 Å². The van der Waals surface area contributed by atoms with Crippen molar-refractivity contribution in [2.75, 3.05) is 13.2 Å². The topological polar surface area (TPSA) is 52.3 Å². The maximum atomic E-state index is 10.2. The lowest BCUT2D eigenvalue weighted by Crippen LogP contribution is -2.13. The standard InChI is InChI=1S/C7H15NO2/c1-2-3-5-10-6-4-7(8)9/h2-6H2,1H3,(H2,8,9). The zero-order chi connectivity index (χ0) is 7.82. The van der Waals surface area contributed by atoms with Gasteiger partial charge in [-0.1, -0.05) is 13.3 Å². The average Bonchev–Trinajstić information content (AvgIpc) is 1.87. The zero-order valence-corrected chi connectivity index (χ0v) is 6.43. The van der Waals surface area contributed by atoms with Gasteiger partial charge < -0.3 is 10.5 Å². The van der Waals surface area contributed by atoms with Gasteiger partial charge in [0.1, 0.15) is 0 Å². The molecule has 3 heteroatoms. The summed E-state index contributed by atoms with van der Waals surface area (Å²) in [4.78, 5) is 10.2. The Labute approximate surface area is 61.5 Å². The summed E-state index contributed by atoms with van der Waals surface area (Å²) in [5.41, 5.74) is 4.89. The molecule has 0 aromatic rings. The second-order valence-corrected chi connectivity index (χ2v) is 2.18. The van der Waals surface area contributed by atoms with Crippen molar-refractivity contribution in [2.45, 2.75) is 26.2 Å². The quantitative estimate of drug-likeness (QED) is 0.559. The number of rotatable bonds is 6. The Hall–Kier alpha value is -0.570. The Morgan fingerprint density at radius 1 is 1.50 bits per heavy atom. The van der Waals surface area contributed by atoms with Gasteiger partial charge in [0.25, 0.3) is 0 Å². The minimum Gasteiger partial charge on any atom is -0.381 e. The zero-order valence-electron chi connectivity index (χ0n) is 6.43. The van der Waals surface area contributed by atoms with Gasteiger partial charge in [-0.25, -0.2) is 0 Å². The predicted octanol–water partition coefficient (Wildman–Crippen LogP) is 0.678. The molecule has 0 aliphatic heterocycles. The summed E-state index contributed by atoms with van der Waals surface area (Å²) in [6.07, 6.45) is 2.51. The van der Waals surface area contributed by atoms with Gasteiger partial charge in [0.15, 0.2) is 0 Å². The molecule has 0 aromatic heterocycles. The summed E-state index contributed by atoms with van der Waals surface area (Å²) in [5, 5.41) is 0. The number of hydrogen-bond acceptors (Lipinski definition) is 2. The molecule has 0 aromatic carbocycles. The van der Waals surface area contributed by atoms with Crippen LogP contribution in [0.5, 0.6) is 0 Å². The smallest absolute Gasteiger partial charge is 0.219 e. The molecule has 0 aliphatic carbocycles. The molecule has 0 rings (SSSR count). The highest BCUT2D eigenvalue weighted by molar-refractivity contribution is 5.73. The van der Waals surface area contributed by atoms with Crippen molar-refractivity contribution in [3.05, 3.63) is 0 Å². The van der Waals surface area contributed by atoms with Crippen molar-refractivity contribution in [1.29, 1.82) is 0 Å². The number of carbonyl (C=O) groups excluding carboxylic acids is 1. The van der Waals surface area contributed by atoms with Crippen molar-refractivity contribution in [2.24, 2.45) is 5.73 Å². The first-order valence-electron chi connectivity index (χ1n) is 3.63. The van der Waals surface area contributed by atoms with Gasteiger partial charge in [0.2, 0.25) is 5.91 Å². The number of nitrogens with two attached hydrogens (primary N) is 1. The van der Waals surface area contributed by atoms with E-state index in [-0.39, 0.29) is 5.91 Å². The van der Waals surface area contributed by atoms with Crippen LogP contribution in [0.4, 0.5) is 0 Å². The molecular formula is C7H15NO2. The summed E-state index contributed by atoms with van der Waals surface area (Å²) in [5.74, 6) is -0.295. The second kappa shape index (κ2) is 6.55. The molecule has 0 atom stereocenters. The number of primary amides is 1. The monoisotopic (exact) mass is 145 g/mol. The van der Waals surface area contributed by atoms with Gasteiger partial charge in [-0.05, 0) is 6.42 Å². The minimum absolute atomic E-state index is 0.295. The highest BCUT2D eigenvalue weighted by Gasteiger charge is 1.92. The molecule has 0 fully saturated rings. The highest BCUT2D eigenvalue weighted by atomic mass is 16.5. The number of amides is 1. The fraction of sp³-hybridized carbons (Fsp3) is 0.857. The lowest BCUT2D eigenvalue weighted by molar-refractivity contribution is -0.119. The van der Waals surface area contributed by atoms with Crippen LogP contribution in [0, 0.1) is 0 Å². The molecule has 2 N–H and O–H groups in total. The fourth-order valence-corrected chi connectivity index (χ4v) is 0.521. The molecule has 0 bridgehead atoms. The molecule has 0 spiro atoms. The van der Waals surface area contributed by atoms with E-state index in [2.05, 4.69) is 6.92 Å². The highest BCUT2D eigenvalue weighted by Crippen LogP contribution is 1.88. The van der Waals surface area contributed by atoms with E-state index in [1.807, 2.05) is 0 Å². The summed E-state index contributed by atoms with van der Waals surface area (Å²) in [6.45, 7) is 3.30. The van der Waals surface area contributed by atoms with Crippen LogP contribution >= 0.6 is 0 Å². The van der Waals surface area contributed by atoms with Crippen LogP contribution in [0.2, 0.25) is 0 Å². The molecule has 10 heavy (non-hydrogen) atoms. The van der Waals surface area contributed by atoms with Crippen LogP contribution < -0.4 is 5.73 Å². The van der Waals surface area contributed by atoms with Gasteiger partial charge in [0.05, 0.1) is 6.61 Å². The summed E-state index contributed by atoms with van der Waals surface area (Å²) < 4.78 is 5.08. The molecule has 60 valence electrons. The Morgan fingerprint density at radius 3 is 2.70 bits per heavy atom. The predicted molar refractivity (Wildman–Crippen MR) is 39.5 cm³/mol. The molecular weight excluding hydrogens is 130 g/mol. The van der Waals surface area contributed by atoms with Crippen molar-refractivity contribution >= 4 is 5.91 Å². The van der Waals surface area contributed by atoms with Crippen molar-refractivity contribution in [3.63, 3.8) is 0 Å². The van der Waals surface area contributed by atoms with E-state index in [9.17, 15) is 4.79 Å². The first kappa shape index (κ1) is 9.43. The molecule has 0 heterocycles. The maximum absolute atomic E-state index is 10.2. The lowest BCUT2D eigenvalue weighted by Gasteiger charge is -1.99. The van der Waals surface area contributed by atoms with Crippen molar-refractivity contribution < 1.29 is 9.53 Å². The molecule has 0 saturated carbocycles. The molecule has 0 saturated heterocycles. The normalized spacial score (nSPS) is 9.70.